The van der Waals surface area contributed by atoms with E-state index in [0.717, 1.165) is 19.3 Å². The number of carbonyl (C=O) groups is 9. The largest absolute Gasteiger partial charge is 0.508 e. The van der Waals surface area contributed by atoms with Crippen molar-refractivity contribution in [3.05, 3.63) is 65.7 Å². The van der Waals surface area contributed by atoms with E-state index in [0.29, 0.717) is 29.7 Å². The molecule has 7 atom stereocenters. The molecule has 2 aromatic carbocycles. The minimum Gasteiger partial charge on any atom is -0.508 e. The fourth-order valence-corrected chi connectivity index (χ4v) is 10.7. The molecule has 1 aliphatic heterocycles. The van der Waals surface area contributed by atoms with E-state index in [4.69, 9.17) is 39.1 Å². The molecule has 0 aromatic heterocycles. The number of nitrogens with one attached hydrogen (secondary N) is 7. The number of aliphatic imine (C=N–C) groups is 2. The smallest absolute Gasteiger partial charge is 0.306 e. The number of cyclic esters (lactones) is 1. The normalized spacial score (nSPS) is 21.6. The number of ether oxygens (including phenoxy) is 1. The number of aromatic hydroxyl groups is 1. The Morgan fingerprint density at radius 3 is 1.89 bits per heavy atom. The Bertz CT molecular complexity index is 2470. The van der Waals surface area contributed by atoms with Gasteiger partial charge in [-0.25, -0.2) is 0 Å². The second kappa shape index (κ2) is 33.0. The second-order valence-corrected chi connectivity index (χ2v) is 21.6. The number of hydrogen-bond donors (Lipinski definition) is 14. The van der Waals surface area contributed by atoms with Crippen LogP contribution in [0.4, 0.5) is 0 Å². The molecule has 27 heteroatoms. The Labute approximate surface area is 470 Å². The van der Waals surface area contributed by atoms with Crippen molar-refractivity contribution in [3.63, 3.8) is 0 Å². The number of guanidine groups is 2. The summed E-state index contributed by atoms with van der Waals surface area (Å²) >= 11 is 1.25. The van der Waals surface area contributed by atoms with Gasteiger partial charge >= 0.3 is 5.97 Å². The topological polar surface area (TPSA) is 448 Å². The number of phenols is 1. The Balaban J connectivity index is 1.74. The summed E-state index contributed by atoms with van der Waals surface area (Å²) in [7, 11) is 0. The SMILES string of the molecule is CC(C)[C@@H]1NC(=O)[C@H](Cc2ccccc2)NC(=O)[C@@H](Cc2ccc(O)cc2)NCCOC(=O)CC2(CCCCC2)CSC[C@@H](C(=O)N[C@H](CCCN=C(N)N)C(=O)N[C@H](CCCN=C(N)N)C(N)=O)NC(=O)[C@H](CC(N)=O)NC1=O. The summed E-state index contributed by atoms with van der Waals surface area (Å²) in [5.41, 5.74) is 34.0. The highest BCUT2D eigenvalue weighted by atomic mass is 32.2. The molecular formula is C53H81N15O11S. The van der Waals surface area contributed by atoms with Crippen molar-refractivity contribution in [3.8, 4) is 5.75 Å². The van der Waals surface area contributed by atoms with Gasteiger partial charge in [-0.3, -0.25) is 53.1 Å². The number of amides is 8. The summed E-state index contributed by atoms with van der Waals surface area (Å²) in [4.78, 5) is 133. The van der Waals surface area contributed by atoms with E-state index in [9.17, 15) is 48.3 Å². The standard InChI is InChI=1S/C53H81N15O11S/c1-31(2)43-50(78)66-39(27-41(54)70)47(75)67-40(49(77)64-36(14-10-22-62-52(58)59)45(73)63-35(44(55)72)13-9-21-61-51(56)57)29-80-30-53(19-7-4-8-20-53)28-42(71)79-24-23-60-37(25-33-15-17-34(69)18-16-33)46(74)65-38(48(76)68-43)26-32-11-5-3-6-12-32/h3,5-6,11-12,15-18,31,35-40,43,60,69H,4,7-10,13-14,19-30H2,1-2H3,(H2,54,70)(H2,55,72)(H,63,73)(H,64,77)(H,65,74)(H,66,78)(H,67,75)(H,68,76)(H4,56,57,61)(H4,58,59,62)/t35-,36-,37-,38+,39+,40+,43+/m1/s1. The van der Waals surface area contributed by atoms with Gasteiger partial charge in [0.15, 0.2) is 11.9 Å². The number of esters is 1. The van der Waals surface area contributed by atoms with E-state index in [-0.39, 0.29) is 94.6 Å². The van der Waals surface area contributed by atoms with Gasteiger partial charge in [0.05, 0.1) is 18.9 Å². The van der Waals surface area contributed by atoms with Crippen LogP contribution in [0.15, 0.2) is 64.6 Å². The van der Waals surface area contributed by atoms with Crippen molar-refractivity contribution in [2.45, 2.75) is 140 Å². The van der Waals surface area contributed by atoms with E-state index in [1.807, 2.05) is 0 Å². The van der Waals surface area contributed by atoms with E-state index < -0.39 is 113 Å². The van der Waals surface area contributed by atoms with Crippen LogP contribution >= 0.6 is 11.8 Å². The Morgan fingerprint density at radius 2 is 1.29 bits per heavy atom. The van der Waals surface area contributed by atoms with Crippen LogP contribution in [0.3, 0.4) is 0 Å². The van der Waals surface area contributed by atoms with Gasteiger partial charge in [-0.15, -0.1) is 0 Å². The molecule has 0 bridgehead atoms. The van der Waals surface area contributed by atoms with Gasteiger partial charge in [-0.2, -0.15) is 11.8 Å². The zero-order valence-electron chi connectivity index (χ0n) is 45.5. The highest BCUT2D eigenvalue weighted by Gasteiger charge is 2.38. The van der Waals surface area contributed by atoms with Crippen LogP contribution in [0, 0.1) is 11.3 Å². The predicted molar refractivity (Wildman–Crippen MR) is 301 cm³/mol. The molecule has 0 unspecified atom stereocenters. The fourth-order valence-electron chi connectivity index (χ4n) is 9.30. The lowest BCUT2D eigenvalue weighted by molar-refractivity contribution is -0.146. The van der Waals surface area contributed by atoms with Gasteiger partial charge in [-0.05, 0) is 85.3 Å². The predicted octanol–water partition coefficient (Wildman–Crippen LogP) is -2.20. The molecule has 1 heterocycles. The van der Waals surface area contributed by atoms with Gasteiger partial charge < -0.3 is 81.5 Å². The zero-order valence-corrected chi connectivity index (χ0v) is 46.4. The maximum atomic E-state index is 14.6. The van der Waals surface area contributed by atoms with Crippen LogP contribution in [0.5, 0.6) is 5.75 Å². The summed E-state index contributed by atoms with van der Waals surface area (Å²) < 4.78 is 5.78. The molecular weight excluding hydrogens is 1050 g/mol. The van der Waals surface area contributed by atoms with Crippen LogP contribution in [-0.2, 0) is 60.7 Å². The van der Waals surface area contributed by atoms with E-state index in [1.54, 1.807) is 56.3 Å². The van der Waals surface area contributed by atoms with E-state index >= 15 is 0 Å². The number of rotatable bonds is 20. The average molecular weight is 1140 g/mol. The van der Waals surface area contributed by atoms with E-state index in [2.05, 4.69) is 47.2 Å². The molecule has 1 spiro atoms. The molecule has 8 amide bonds. The molecule has 20 N–H and O–H groups in total. The zero-order chi connectivity index (χ0) is 58.8. The number of nitrogens with two attached hydrogens (primary N) is 6. The van der Waals surface area contributed by atoms with E-state index in [1.165, 1.54) is 23.9 Å². The molecule has 2 aliphatic rings. The minimum atomic E-state index is -1.71. The number of hydrogen-bond acceptors (Lipinski definition) is 15. The fraction of sp³-hybridized carbons (Fsp3) is 0.566. The van der Waals surface area contributed by atoms with Crippen molar-refractivity contribution >= 4 is 76.9 Å². The van der Waals surface area contributed by atoms with Crippen molar-refractivity contribution < 1.29 is 53.0 Å². The first kappa shape index (κ1) is 64.8. The number of phenolic OH excluding ortho intramolecular Hbond substituents is 1. The minimum absolute atomic E-state index is 0.00564. The molecule has 1 saturated heterocycles. The van der Waals surface area contributed by atoms with Gasteiger partial charge in [0.2, 0.25) is 47.3 Å². The molecule has 0 radical (unpaired) electrons. The van der Waals surface area contributed by atoms with Crippen LogP contribution in [-0.4, -0.2) is 150 Å². The third-order valence-electron chi connectivity index (χ3n) is 13.6. The van der Waals surface area contributed by atoms with Gasteiger partial charge in [-0.1, -0.05) is 75.6 Å². The van der Waals surface area contributed by atoms with Crippen LogP contribution in [0.1, 0.15) is 95.6 Å². The Morgan fingerprint density at radius 1 is 0.713 bits per heavy atom. The number of primary amides is 2. The van der Waals surface area contributed by atoms with Crippen LogP contribution < -0.4 is 71.6 Å². The number of thioether (sulfide) groups is 1. The number of nitrogens with zero attached hydrogens (tertiary/aromatic N) is 2. The van der Waals surface area contributed by atoms with Crippen LogP contribution in [0.25, 0.3) is 0 Å². The first-order valence-corrected chi connectivity index (χ1v) is 28.0. The third kappa shape index (κ3) is 23.0. The lowest BCUT2D eigenvalue weighted by Crippen LogP contribution is -2.61. The van der Waals surface area contributed by atoms with Crippen LogP contribution in [0.2, 0.25) is 0 Å². The molecule has 4 rings (SSSR count). The lowest BCUT2D eigenvalue weighted by Gasteiger charge is -2.36. The molecule has 1 aliphatic carbocycles. The Kier molecular flexibility index (Phi) is 26.8. The quantitative estimate of drug-likeness (QED) is 0.0290. The van der Waals surface area contributed by atoms with Gasteiger partial charge in [0.1, 0.15) is 48.6 Å². The summed E-state index contributed by atoms with van der Waals surface area (Å²) in [6.45, 7) is 3.35. The Hall–Kier alpha value is -7.68. The summed E-state index contributed by atoms with van der Waals surface area (Å²) in [6.07, 6.45) is 3.51. The van der Waals surface area contributed by atoms with Crippen molar-refractivity contribution in [2.24, 2.45) is 55.7 Å². The first-order chi connectivity index (χ1) is 38.0. The lowest BCUT2D eigenvalue weighted by atomic mass is 9.73. The second-order valence-electron chi connectivity index (χ2n) is 20.5. The molecule has 2 fully saturated rings. The summed E-state index contributed by atoms with van der Waals surface area (Å²) in [6, 6.07) is 5.71. The molecule has 1 saturated carbocycles. The molecule has 26 nitrogen and oxygen atoms in total. The monoisotopic (exact) mass is 1140 g/mol. The van der Waals surface area contributed by atoms with Gasteiger partial charge in [0.25, 0.3) is 0 Å². The first-order valence-electron chi connectivity index (χ1n) is 26.8. The van der Waals surface area contributed by atoms with Crippen molar-refractivity contribution in [1.82, 2.24) is 37.2 Å². The highest BCUT2D eigenvalue weighted by molar-refractivity contribution is 7.99. The molecule has 2 aromatic rings. The molecule has 440 valence electrons. The highest BCUT2D eigenvalue weighted by Crippen LogP contribution is 2.42. The summed E-state index contributed by atoms with van der Waals surface area (Å²) in [5.74, 6) is -8.19. The number of benzene rings is 2. The maximum Gasteiger partial charge on any atom is 0.306 e. The number of carbonyl (C=O) groups excluding carboxylic acids is 9. The van der Waals surface area contributed by atoms with Crippen molar-refractivity contribution in [1.29, 1.82) is 0 Å². The maximum absolute atomic E-state index is 14.6. The average Bonchev–Trinajstić information content (AvgIpc) is 3.42. The summed E-state index contributed by atoms with van der Waals surface area (Å²) in [5, 5.41) is 29.2. The van der Waals surface area contributed by atoms with Gasteiger partial charge in [0, 0.05) is 31.8 Å². The van der Waals surface area contributed by atoms with Crippen molar-refractivity contribution in [2.75, 3.05) is 37.7 Å². The molecule has 80 heavy (non-hydrogen) atoms. The third-order valence-corrected chi connectivity index (χ3v) is 15.0.